The van der Waals surface area contributed by atoms with Gasteiger partial charge in [-0.05, 0) is 40.3 Å². The van der Waals surface area contributed by atoms with Gasteiger partial charge in [0.15, 0.2) is 0 Å². The quantitative estimate of drug-likeness (QED) is 0.635. The van der Waals surface area contributed by atoms with Crippen LogP contribution in [-0.4, -0.2) is 0 Å². The molecule has 3 N–H and O–H groups in total. The zero-order valence-corrected chi connectivity index (χ0v) is 10.2. The lowest BCUT2D eigenvalue weighted by Crippen LogP contribution is -2.29. The van der Waals surface area contributed by atoms with Gasteiger partial charge in [-0.2, -0.15) is 11.3 Å². The largest absolute Gasteiger partial charge is 0.271 e. The second-order valence-corrected chi connectivity index (χ2v) is 5.29. The van der Waals surface area contributed by atoms with E-state index in [0.717, 1.165) is 6.42 Å². The maximum atomic E-state index is 5.61. The molecule has 1 atom stereocenters. The molecule has 0 bridgehead atoms. The van der Waals surface area contributed by atoms with Crippen molar-refractivity contribution >= 4 is 22.7 Å². The number of nitrogens with two attached hydrogens (primary N) is 1. The van der Waals surface area contributed by atoms with E-state index < -0.39 is 0 Å². The lowest BCUT2D eigenvalue weighted by molar-refractivity contribution is 0.555. The predicted octanol–water partition coefficient (Wildman–Crippen LogP) is 2.87. The van der Waals surface area contributed by atoms with Crippen molar-refractivity contribution in [3.63, 3.8) is 0 Å². The van der Waals surface area contributed by atoms with Gasteiger partial charge in [0.1, 0.15) is 0 Å². The topological polar surface area (TPSA) is 38.0 Å². The average molecular weight is 238 g/mol. The number of thiophene rings is 2. The number of aryl methyl sites for hydroxylation is 1. The Morgan fingerprint density at radius 3 is 2.87 bits per heavy atom. The van der Waals surface area contributed by atoms with Gasteiger partial charge < -0.3 is 0 Å². The molecule has 0 aliphatic carbocycles. The van der Waals surface area contributed by atoms with Crippen LogP contribution >= 0.6 is 22.7 Å². The third-order valence-electron chi connectivity index (χ3n) is 2.46. The van der Waals surface area contributed by atoms with Crippen LogP contribution in [0.5, 0.6) is 0 Å². The van der Waals surface area contributed by atoms with Gasteiger partial charge >= 0.3 is 0 Å². The highest BCUT2D eigenvalue weighted by molar-refractivity contribution is 7.10. The van der Waals surface area contributed by atoms with Crippen LogP contribution in [0.2, 0.25) is 0 Å². The minimum atomic E-state index is 0.231. The van der Waals surface area contributed by atoms with Crippen molar-refractivity contribution in [2.45, 2.75) is 19.4 Å². The maximum Gasteiger partial charge on any atom is 0.0519 e. The summed E-state index contributed by atoms with van der Waals surface area (Å²) in [5.74, 6) is 5.61. The first-order chi connectivity index (χ1) is 7.31. The molecule has 2 aromatic heterocycles. The highest BCUT2D eigenvalue weighted by Gasteiger charge is 2.13. The molecule has 80 valence electrons. The zero-order valence-electron chi connectivity index (χ0n) is 8.57. The van der Waals surface area contributed by atoms with Crippen LogP contribution in [0.25, 0.3) is 0 Å². The Morgan fingerprint density at radius 2 is 2.33 bits per heavy atom. The highest BCUT2D eigenvalue weighted by atomic mass is 32.1. The Labute approximate surface area is 97.7 Å². The zero-order chi connectivity index (χ0) is 10.7. The number of hydrogen-bond acceptors (Lipinski definition) is 4. The fraction of sp³-hybridized carbons (Fsp3) is 0.273. The average Bonchev–Trinajstić information content (AvgIpc) is 2.85. The van der Waals surface area contributed by atoms with Gasteiger partial charge in [0, 0.05) is 11.3 Å². The molecular formula is C11H14N2S2. The number of hydrazine groups is 1. The van der Waals surface area contributed by atoms with Crippen molar-refractivity contribution in [3.05, 3.63) is 44.3 Å². The van der Waals surface area contributed by atoms with Crippen LogP contribution in [0.1, 0.15) is 22.0 Å². The molecule has 0 amide bonds. The molecule has 4 heteroatoms. The third kappa shape index (κ3) is 2.46. The van der Waals surface area contributed by atoms with Crippen LogP contribution in [0.3, 0.4) is 0 Å². The van der Waals surface area contributed by atoms with Gasteiger partial charge in [0.05, 0.1) is 6.04 Å². The first kappa shape index (κ1) is 10.8. The molecule has 2 heterocycles. The van der Waals surface area contributed by atoms with E-state index in [1.54, 1.807) is 22.7 Å². The molecule has 0 aliphatic rings. The summed E-state index contributed by atoms with van der Waals surface area (Å²) in [6.07, 6.45) is 0.964. The molecule has 0 aromatic carbocycles. The number of hydrogen-bond donors (Lipinski definition) is 2. The first-order valence-corrected chi connectivity index (χ1v) is 6.64. The van der Waals surface area contributed by atoms with E-state index in [4.69, 9.17) is 5.84 Å². The van der Waals surface area contributed by atoms with Gasteiger partial charge in [-0.25, -0.2) is 0 Å². The van der Waals surface area contributed by atoms with Crippen LogP contribution in [0, 0.1) is 6.92 Å². The van der Waals surface area contributed by atoms with Crippen molar-refractivity contribution in [1.29, 1.82) is 0 Å². The second kappa shape index (κ2) is 4.90. The van der Waals surface area contributed by atoms with E-state index in [1.807, 2.05) is 0 Å². The Balaban J connectivity index is 2.15. The fourth-order valence-electron chi connectivity index (χ4n) is 1.62. The summed E-state index contributed by atoms with van der Waals surface area (Å²) in [5, 5.41) is 6.44. The monoisotopic (exact) mass is 238 g/mol. The summed E-state index contributed by atoms with van der Waals surface area (Å²) in [7, 11) is 0. The van der Waals surface area contributed by atoms with Gasteiger partial charge in [-0.3, -0.25) is 11.3 Å². The van der Waals surface area contributed by atoms with Crippen molar-refractivity contribution in [3.8, 4) is 0 Å². The smallest absolute Gasteiger partial charge is 0.0519 e. The maximum absolute atomic E-state index is 5.61. The molecule has 0 radical (unpaired) electrons. The SMILES string of the molecule is Cc1cscc1C(Cc1cccs1)NN. The molecule has 0 aliphatic heterocycles. The summed E-state index contributed by atoms with van der Waals surface area (Å²) in [5.41, 5.74) is 5.53. The Morgan fingerprint density at radius 1 is 1.47 bits per heavy atom. The summed E-state index contributed by atoms with van der Waals surface area (Å²) in [6.45, 7) is 2.13. The van der Waals surface area contributed by atoms with Gasteiger partial charge in [0.2, 0.25) is 0 Å². The van der Waals surface area contributed by atoms with E-state index in [0.29, 0.717) is 0 Å². The Bertz CT molecular complexity index is 406. The summed E-state index contributed by atoms with van der Waals surface area (Å²) < 4.78 is 0. The van der Waals surface area contributed by atoms with Gasteiger partial charge in [0.25, 0.3) is 0 Å². The van der Waals surface area contributed by atoms with Gasteiger partial charge in [-0.15, -0.1) is 11.3 Å². The Kier molecular flexibility index (Phi) is 3.53. The lowest BCUT2D eigenvalue weighted by Gasteiger charge is -2.14. The number of nitrogens with one attached hydrogen (secondary N) is 1. The molecule has 2 nitrogen and oxygen atoms in total. The van der Waals surface area contributed by atoms with E-state index >= 15 is 0 Å². The second-order valence-electron chi connectivity index (χ2n) is 3.51. The van der Waals surface area contributed by atoms with Crippen LogP contribution < -0.4 is 11.3 Å². The minimum absolute atomic E-state index is 0.231. The molecule has 2 rings (SSSR count). The molecule has 1 unspecified atom stereocenters. The van der Waals surface area contributed by atoms with Crippen molar-refractivity contribution in [1.82, 2.24) is 5.43 Å². The van der Waals surface area contributed by atoms with E-state index in [1.165, 1.54) is 16.0 Å². The van der Waals surface area contributed by atoms with Crippen LogP contribution in [0.4, 0.5) is 0 Å². The molecule has 2 aromatic rings. The normalized spacial score (nSPS) is 12.9. The summed E-state index contributed by atoms with van der Waals surface area (Å²) in [6, 6.07) is 4.46. The third-order valence-corrected chi connectivity index (χ3v) is 4.24. The molecule has 0 fully saturated rings. The fourth-order valence-corrected chi connectivity index (χ4v) is 3.27. The van der Waals surface area contributed by atoms with Crippen LogP contribution in [-0.2, 0) is 6.42 Å². The standard InChI is InChI=1S/C11H14N2S2/c1-8-6-14-7-10(8)11(13-12)5-9-3-2-4-15-9/h2-4,6-7,11,13H,5,12H2,1H3. The predicted molar refractivity (Wildman–Crippen MR) is 67.1 cm³/mol. The van der Waals surface area contributed by atoms with Gasteiger partial charge in [-0.1, -0.05) is 6.07 Å². The van der Waals surface area contributed by atoms with Crippen LogP contribution in [0.15, 0.2) is 28.3 Å². The minimum Gasteiger partial charge on any atom is -0.271 e. The van der Waals surface area contributed by atoms with E-state index in [9.17, 15) is 0 Å². The van der Waals surface area contributed by atoms with Crippen molar-refractivity contribution in [2.75, 3.05) is 0 Å². The molecule has 0 saturated heterocycles. The van der Waals surface area contributed by atoms with Crippen molar-refractivity contribution < 1.29 is 0 Å². The number of rotatable bonds is 4. The molecule has 15 heavy (non-hydrogen) atoms. The van der Waals surface area contributed by atoms with Crippen molar-refractivity contribution in [2.24, 2.45) is 5.84 Å². The first-order valence-electron chi connectivity index (χ1n) is 4.82. The molecule has 0 spiro atoms. The highest BCUT2D eigenvalue weighted by Crippen LogP contribution is 2.25. The summed E-state index contributed by atoms with van der Waals surface area (Å²) >= 11 is 3.51. The molecular weight excluding hydrogens is 224 g/mol. The lowest BCUT2D eigenvalue weighted by atomic mass is 10.0. The molecule has 0 saturated carbocycles. The Hall–Kier alpha value is -0.680. The van der Waals surface area contributed by atoms with E-state index in [-0.39, 0.29) is 6.04 Å². The van der Waals surface area contributed by atoms with E-state index in [2.05, 4.69) is 40.6 Å². The summed E-state index contributed by atoms with van der Waals surface area (Å²) in [4.78, 5) is 1.36.